The van der Waals surface area contributed by atoms with E-state index in [4.69, 9.17) is 4.74 Å². The lowest BCUT2D eigenvalue weighted by atomic mass is 10.2. The van der Waals surface area contributed by atoms with Crippen molar-refractivity contribution in [3.8, 4) is 5.75 Å². The van der Waals surface area contributed by atoms with Crippen molar-refractivity contribution in [2.24, 2.45) is 0 Å². The van der Waals surface area contributed by atoms with Gasteiger partial charge in [0.25, 0.3) is 5.91 Å². The molecule has 1 aliphatic heterocycles. The number of halogens is 3. The van der Waals surface area contributed by atoms with E-state index in [2.05, 4.69) is 19.9 Å². The van der Waals surface area contributed by atoms with Crippen LogP contribution in [0.1, 0.15) is 10.4 Å². The van der Waals surface area contributed by atoms with E-state index in [1.807, 2.05) is 0 Å². The van der Waals surface area contributed by atoms with Gasteiger partial charge in [0.05, 0.1) is 25.1 Å². The maximum atomic E-state index is 12.2. The van der Waals surface area contributed by atoms with Crippen molar-refractivity contribution in [1.82, 2.24) is 4.98 Å². The van der Waals surface area contributed by atoms with E-state index < -0.39 is 12.3 Å². The number of hydrogen-bond donors (Lipinski definition) is 1. The zero-order valence-corrected chi connectivity index (χ0v) is 13.6. The summed E-state index contributed by atoms with van der Waals surface area (Å²) in [6.45, 7) is 2.80. The summed E-state index contributed by atoms with van der Waals surface area (Å²) in [7, 11) is 0. The Morgan fingerprint density at radius 3 is 2.38 bits per heavy atom. The van der Waals surface area contributed by atoms with Crippen molar-refractivity contribution in [1.29, 1.82) is 0 Å². The van der Waals surface area contributed by atoms with Crippen molar-refractivity contribution >= 4 is 17.4 Å². The Morgan fingerprint density at radius 2 is 1.81 bits per heavy atom. The Hall–Kier alpha value is -2.81. The fourth-order valence-electron chi connectivity index (χ4n) is 2.45. The summed E-state index contributed by atoms with van der Waals surface area (Å²) < 4.78 is 45.5. The predicted octanol–water partition coefficient (Wildman–Crippen LogP) is 3.07. The van der Waals surface area contributed by atoms with E-state index in [1.54, 1.807) is 12.1 Å². The van der Waals surface area contributed by atoms with Crippen LogP contribution in [-0.4, -0.2) is 43.6 Å². The number of hydrogen-bond acceptors (Lipinski definition) is 5. The molecule has 1 aromatic heterocycles. The van der Waals surface area contributed by atoms with Gasteiger partial charge >= 0.3 is 6.36 Å². The highest BCUT2D eigenvalue weighted by Gasteiger charge is 2.31. The summed E-state index contributed by atoms with van der Waals surface area (Å²) in [5.41, 5.74) is 0.694. The normalized spacial score (nSPS) is 14.8. The van der Waals surface area contributed by atoms with Crippen molar-refractivity contribution < 1.29 is 27.4 Å². The Morgan fingerprint density at radius 1 is 1.12 bits per heavy atom. The molecule has 138 valence electrons. The number of nitrogens with zero attached hydrogens (tertiary/aromatic N) is 2. The number of aromatic nitrogens is 1. The molecule has 1 N–H and O–H groups in total. The van der Waals surface area contributed by atoms with Crippen LogP contribution in [-0.2, 0) is 4.74 Å². The lowest BCUT2D eigenvalue weighted by Crippen LogP contribution is -2.36. The van der Waals surface area contributed by atoms with E-state index in [0.717, 1.165) is 31.0 Å². The lowest BCUT2D eigenvalue weighted by molar-refractivity contribution is -0.274. The van der Waals surface area contributed by atoms with Gasteiger partial charge in [0, 0.05) is 18.7 Å². The highest BCUT2D eigenvalue weighted by molar-refractivity contribution is 6.04. The third kappa shape index (κ3) is 4.85. The number of ether oxygens (including phenoxy) is 2. The van der Waals surface area contributed by atoms with Crippen LogP contribution in [0.25, 0.3) is 0 Å². The molecule has 0 radical (unpaired) electrons. The first-order valence-electron chi connectivity index (χ1n) is 7.87. The van der Waals surface area contributed by atoms with Crippen LogP contribution in [0.3, 0.4) is 0 Å². The first-order valence-corrected chi connectivity index (χ1v) is 7.87. The number of carbonyl (C=O) groups excluding carboxylic acids is 1. The van der Waals surface area contributed by atoms with E-state index in [9.17, 15) is 18.0 Å². The zero-order valence-electron chi connectivity index (χ0n) is 13.6. The van der Waals surface area contributed by atoms with Crippen LogP contribution in [0, 0.1) is 0 Å². The second-order valence-corrected chi connectivity index (χ2v) is 5.53. The standard InChI is InChI=1S/C17H16F3N3O3/c18-17(19,20)26-14-4-1-12(2-5-14)16(24)22-13-3-6-15(21-11-13)23-7-9-25-10-8-23/h1-6,11H,7-10H2,(H,22,24). The lowest BCUT2D eigenvalue weighted by Gasteiger charge is -2.27. The molecule has 0 atom stereocenters. The number of pyridine rings is 1. The minimum Gasteiger partial charge on any atom is -0.406 e. The fraction of sp³-hybridized carbons (Fsp3) is 0.294. The molecule has 0 saturated carbocycles. The highest BCUT2D eigenvalue weighted by atomic mass is 19.4. The summed E-state index contributed by atoms with van der Waals surface area (Å²) in [5, 5.41) is 2.65. The molecular weight excluding hydrogens is 351 g/mol. The number of morpholine rings is 1. The molecule has 0 aliphatic carbocycles. The minimum absolute atomic E-state index is 0.205. The van der Waals surface area contributed by atoms with Gasteiger partial charge < -0.3 is 19.7 Å². The van der Waals surface area contributed by atoms with Gasteiger partial charge in [0.2, 0.25) is 0 Å². The fourth-order valence-corrected chi connectivity index (χ4v) is 2.45. The number of amides is 1. The van der Waals surface area contributed by atoms with E-state index in [0.29, 0.717) is 18.9 Å². The second kappa shape index (κ2) is 7.61. The van der Waals surface area contributed by atoms with E-state index in [-0.39, 0.29) is 11.3 Å². The molecular formula is C17H16F3N3O3. The van der Waals surface area contributed by atoms with Crippen molar-refractivity contribution in [2.45, 2.75) is 6.36 Å². The number of anilines is 2. The number of rotatable bonds is 4. The van der Waals surface area contributed by atoms with Crippen LogP contribution in [0.15, 0.2) is 42.6 Å². The minimum atomic E-state index is -4.77. The molecule has 3 rings (SSSR count). The van der Waals surface area contributed by atoms with Crippen molar-refractivity contribution in [3.05, 3.63) is 48.2 Å². The van der Waals surface area contributed by atoms with E-state index >= 15 is 0 Å². The Labute approximate surface area is 147 Å². The molecule has 2 aromatic rings. The number of alkyl halides is 3. The van der Waals surface area contributed by atoms with Crippen molar-refractivity contribution in [2.75, 3.05) is 36.5 Å². The number of benzene rings is 1. The summed E-state index contributed by atoms with van der Waals surface area (Å²) in [4.78, 5) is 18.6. The third-order valence-corrected chi connectivity index (χ3v) is 3.69. The predicted molar refractivity (Wildman–Crippen MR) is 88.3 cm³/mol. The molecule has 1 aromatic carbocycles. The molecule has 26 heavy (non-hydrogen) atoms. The Balaban J connectivity index is 1.60. The third-order valence-electron chi connectivity index (χ3n) is 3.69. The second-order valence-electron chi connectivity index (χ2n) is 5.53. The maximum absolute atomic E-state index is 12.2. The molecule has 0 unspecified atom stereocenters. The van der Waals surface area contributed by atoms with Crippen LogP contribution < -0.4 is 15.0 Å². The molecule has 2 heterocycles. The summed E-state index contributed by atoms with van der Waals surface area (Å²) in [6.07, 6.45) is -3.23. The smallest absolute Gasteiger partial charge is 0.406 e. The SMILES string of the molecule is O=C(Nc1ccc(N2CCOCC2)nc1)c1ccc(OC(F)(F)F)cc1. The quantitative estimate of drug-likeness (QED) is 0.900. The van der Waals surface area contributed by atoms with Crippen LogP contribution >= 0.6 is 0 Å². The van der Waals surface area contributed by atoms with Gasteiger partial charge in [0.1, 0.15) is 11.6 Å². The average Bonchev–Trinajstić information content (AvgIpc) is 2.62. The first-order chi connectivity index (χ1) is 12.4. The molecule has 9 heteroatoms. The molecule has 0 spiro atoms. The molecule has 1 saturated heterocycles. The molecule has 1 amide bonds. The Bertz CT molecular complexity index is 743. The van der Waals surface area contributed by atoms with Crippen LogP contribution in [0.2, 0.25) is 0 Å². The van der Waals surface area contributed by atoms with Gasteiger partial charge in [-0.1, -0.05) is 0 Å². The summed E-state index contributed by atoms with van der Waals surface area (Å²) >= 11 is 0. The van der Waals surface area contributed by atoms with Gasteiger partial charge in [0.15, 0.2) is 0 Å². The van der Waals surface area contributed by atoms with E-state index in [1.165, 1.54) is 18.3 Å². The van der Waals surface area contributed by atoms with Gasteiger partial charge in [-0.05, 0) is 36.4 Å². The van der Waals surface area contributed by atoms with Gasteiger partial charge in [-0.15, -0.1) is 13.2 Å². The number of carbonyl (C=O) groups is 1. The summed E-state index contributed by atoms with van der Waals surface area (Å²) in [5.74, 6) is -0.0463. The zero-order chi connectivity index (χ0) is 18.6. The Kier molecular flexibility index (Phi) is 5.27. The molecule has 6 nitrogen and oxygen atoms in total. The van der Waals surface area contributed by atoms with Gasteiger partial charge in [-0.3, -0.25) is 4.79 Å². The highest BCUT2D eigenvalue weighted by Crippen LogP contribution is 2.23. The van der Waals surface area contributed by atoms with Gasteiger partial charge in [-0.25, -0.2) is 4.98 Å². The van der Waals surface area contributed by atoms with Gasteiger partial charge in [-0.2, -0.15) is 0 Å². The number of nitrogens with one attached hydrogen (secondary N) is 1. The van der Waals surface area contributed by atoms with Crippen LogP contribution in [0.5, 0.6) is 5.75 Å². The molecule has 1 aliphatic rings. The van der Waals surface area contributed by atoms with Crippen LogP contribution in [0.4, 0.5) is 24.7 Å². The summed E-state index contributed by atoms with van der Waals surface area (Å²) in [6, 6.07) is 8.19. The maximum Gasteiger partial charge on any atom is 0.573 e. The molecule has 1 fully saturated rings. The average molecular weight is 367 g/mol. The largest absolute Gasteiger partial charge is 0.573 e. The topological polar surface area (TPSA) is 63.7 Å². The first kappa shape index (κ1) is 18.0. The monoisotopic (exact) mass is 367 g/mol. The van der Waals surface area contributed by atoms with Crippen molar-refractivity contribution in [3.63, 3.8) is 0 Å². The molecule has 0 bridgehead atoms.